The van der Waals surface area contributed by atoms with E-state index >= 15 is 0 Å². The molecule has 0 spiro atoms. The van der Waals surface area contributed by atoms with Crippen LogP contribution in [0.5, 0.6) is 0 Å². The second-order valence-electron chi connectivity index (χ2n) is 5.40. The Kier molecular flexibility index (Phi) is 7.08. The first kappa shape index (κ1) is 22.6. The van der Waals surface area contributed by atoms with Crippen LogP contribution >= 0.6 is 34.8 Å². The third kappa shape index (κ3) is 5.44. The number of benzene rings is 2. The molecule has 0 unspecified atom stereocenters. The molecule has 0 aliphatic heterocycles. The van der Waals surface area contributed by atoms with Crippen molar-refractivity contribution >= 4 is 56.2 Å². The van der Waals surface area contributed by atoms with Crippen molar-refractivity contribution in [3.8, 4) is 0 Å². The Morgan fingerprint density at radius 1 is 1.18 bits per heavy atom. The van der Waals surface area contributed by atoms with E-state index in [1.807, 2.05) is 0 Å². The highest BCUT2D eigenvalue weighted by Crippen LogP contribution is 2.29. The SMILES string of the molecule is C/C(=N\OCc1cccc(Cl)c1Cl)c1cc(Cl)ccc1NS(=O)(=O)C(F)(F)F. The van der Waals surface area contributed by atoms with Gasteiger partial charge in [-0.2, -0.15) is 21.6 Å². The lowest BCUT2D eigenvalue weighted by Crippen LogP contribution is -2.30. The Balaban J connectivity index is 2.27. The number of alkyl halides is 3. The fraction of sp³-hybridized carbons (Fsp3) is 0.188. The van der Waals surface area contributed by atoms with Crippen molar-refractivity contribution in [1.29, 1.82) is 0 Å². The predicted molar refractivity (Wildman–Crippen MR) is 104 cm³/mol. The summed E-state index contributed by atoms with van der Waals surface area (Å²) in [6, 6.07) is 8.48. The van der Waals surface area contributed by atoms with Crippen molar-refractivity contribution in [1.82, 2.24) is 0 Å². The number of anilines is 1. The molecule has 0 fully saturated rings. The average Bonchev–Trinajstić information content (AvgIpc) is 2.59. The first-order valence-corrected chi connectivity index (χ1v) is 10.0. The summed E-state index contributed by atoms with van der Waals surface area (Å²) in [6.07, 6.45) is 0. The standard InChI is InChI=1S/C16H12Cl3F3N2O3S/c1-9(23-27-8-10-3-2-4-13(18)15(10)19)12-7-11(17)5-6-14(12)24-28(25,26)16(20,21)22/h2-7,24H,8H2,1H3/b23-9+. The van der Waals surface area contributed by atoms with Crippen LogP contribution in [0.3, 0.4) is 0 Å². The van der Waals surface area contributed by atoms with Gasteiger partial charge in [-0.1, -0.05) is 52.1 Å². The molecule has 0 saturated heterocycles. The maximum atomic E-state index is 12.6. The minimum absolute atomic E-state index is 0.0116. The molecule has 152 valence electrons. The van der Waals surface area contributed by atoms with Gasteiger partial charge in [0.05, 0.1) is 21.4 Å². The van der Waals surface area contributed by atoms with E-state index in [2.05, 4.69) is 5.16 Å². The first-order chi connectivity index (χ1) is 12.9. The van der Waals surface area contributed by atoms with Crippen LogP contribution in [0.2, 0.25) is 15.1 Å². The topological polar surface area (TPSA) is 67.8 Å². The summed E-state index contributed by atoms with van der Waals surface area (Å²) in [7, 11) is -5.61. The van der Waals surface area contributed by atoms with Gasteiger partial charge >= 0.3 is 15.5 Å². The Hall–Kier alpha value is -1.68. The molecule has 12 heteroatoms. The maximum absolute atomic E-state index is 12.6. The second kappa shape index (κ2) is 8.77. The van der Waals surface area contributed by atoms with Crippen LogP contribution in [0.4, 0.5) is 18.9 Å². The molecule has 0 saturated carbocycles. The molecule has 0 aliphatic rings. The quantitative estimate of drug-likeness (QED) is 0.421. The predicted octanol–water partition coefficient (Wildman–Crippen LogP) is 5.85. The second-order valence-corrected chi connectivity index (χ2v) is 8.30. The molecule has 5 nitrogen and oxygen atoms in total. The molecule has 1 N–H and O–H groups in total. The summed E-state index contributed by atoms with van der Waals surface area (Å²) in [5.74, 6) is 0. The number of hydrogen-bond acceptors (Lipinski definition) is 4. The summed E-state index contributed by atoms with van der Waals surface area (Å²) >= 11 is 17.8. The molecule has 0 heterocycles. The van der Waals surface area contributed by atoms with E-state index in [0.717, 1.165) is 6.07 Å². The number of halogens is 6. The van der Waals surface area contributed by atoms with Gasteiger partial charge in [-0.25, -0.2) is 0 Å². The molecule has 0 amide bonds. The normalized spacial score (nSPS) is 12.8. The third-order valence-electron chi connectivity index (χ3n) is 3.37. The van der Waals surface area contributed by atoms with Gasteiger partial charge < -0.3 is 4.84 Å². The Morgan fingerprint density at radius 2 is 1.86 bits per heavy atom. The molecular formula is C16H12Cl3F3N2O3S. The third-order valence-corrected chi connectivity index (χ3v) is 5.56. The Morgan fingerprint density at radius 3 is 2.50 bits per heavy atom. The Labute approximate surface area is 174 Å². The van der Waals surface area contributed by atoms with Crippen LogP contribution in [-0.2, 0) is 21.5 Å². The van der Waals surface area contributed by atoms with E-state index in [9.17, 15) is 21.6 Å². The lowest BCUT2D eigenvalue weighted by Gasteiger charge is -2.14. The van der Waals surface area contributed by atoms with Gasteiger partial charge in [0, 0.05) is 16.1 Å². The summed E-state index contributed by atoms with van der Waals surface area (Å²) in [4.78, 5) is 5.17. The minimum Gasteiger partial charge on any atom is -0.391 e. The van der Waals surface area contributed by atoms with Crippen LogP contribution in [0, 0.1) is 0 Å². The van der Waals surface area contributed by atoms with Crippen LogP contribution in [0.15, 0.2) is 41.6 Å². The van der Waals surface area contributed by atoms with Crippen molar-refractivity contribution < 1.29 is 26.4 Å². The minimum atomic E-state index is -5.61. The van der Waals surface area contributed by atoms with E-state index in [-0.39, 0.29) is 33.6 Å². The van der Waals surface area contributed by atoms with Gasteiger partial charge in [0.1, 0.15) is 6.61 Å². The average molecular weight is 476 g/mol. The van der Waals surface area contributed by atoms with Crippen molar-refractivity contribution in [2.45, 2.75) is 19.0 Å². The molecule has 0 bridgehead atoms. The van der Waals surface area contributed by atoms with Gasteiger partial charge in [0.15, 0.2) is 0 Å². The fourth-order valence-corrected chi connectivity index (χ4v) is 3.15. The number of nitrogens with one attached hydrogen (secondary N) is 1. The molecule has 0 aromatic heterocycles. The molecular weight excluding hydrogens is 464 g/mol. The summed E-state index contributed by atoms with van der Waals surface area (Å²) in [5.41, 5.74) is -5.20. The van der Waals surface area contributed by atoms with E-state index in [0.29, 0.717) is 10.6 Å². The van der Waals surface area contributed by atoms with Gasteiger partial charge in [-0.15, -0.1) is 0 Å². The molecule has 0 atom stereocenters. The molecule has 2 aromatic carbocycles. The zero-order valence-corrected chi connectivity index (χ0v) is 17.1. The summed E-state index contributed by atoms with van der Waals surface area (Å²) in [6.45, 7) is 1.34. The van der Waals surface area contributed by atoms with Crippen molar-refractivity contribution in [3.63, 3.8) is 0 Å². The van der Waals surface area contributed by atoms with Gasteiger partial charge in [-0.05, 0) is 31.2 Å². The highest BCUT2D eigenvalue weighted by Gasteiger charge is 2.46. The Bertz CT molecular complexity index is 1010. The van der Waals surface area contributed by atoms with Gasteiger partial charge in [-0.3, -0.25) is 4.72 Å². The van der Waals surface area contributed by atoms with Gasteiger partial charge in [0.2, 0.25) is 0 Å². The lowest BCUT2D eigenvalue weighted by atomic mass is 10.1. The highest BCUT2D eigenvalue weighted by molar-refractivity contribution is 7.93. The van der Waals surface area contributed by atoms with Gasteiger partial charge in [0.25, 0.3) is 0 Å². The van der Waals surface area contributed by atoms with Crippen molar-refractivity contribution in [2.75, 3.05) is 4.72 Å². The summed E-state index contributed by atoms with van der Waals surface area (Å²) in [5, 5.41) is 4.56. The first-order valence-electron chi connectivity index (χ1n) is 7.41. The van der Waals surface area contributed by atoms with Crippen LogP contribution < -0.4 is 4.72 Å². The molecule has 2 rings (SSSR count). The van der Waals surface area contributed by atoms with E-state index in [1.165, 1.54) is 23.8 Å². The highest BCUT2D eigenvalue weighted by atomic mass is 35.5. The largest absolute Gasteiger partial charge is 0.516 e. The number of oxime groups is 1. The molecule has 0 aliphatic carbocycles. The molecule has 28 heavy (non-hydrogen) atoms. The maximum Gasteiger partial charge on any atom is 0.516 e. The van der Waals surface area contributed by atoms with Crippen LogP contribution in [0.1, 0.15) is 18.1 Å². The lowest BCUT2D eigenvalue weighted by molar-refractivity contribution is -0.0429. The van der Waals surface area contributed by atoms with E-state index in [1.54, 1.807) is 18.2 Å². The number of rotatable bonds is 6. The van der Waals surface area contributed by atoms with Crippen LogP contribution in [0.25, 0.3) is 0 Å². The van der Waals surface area contributed by atoms with Crippen molar-refractivity contribution in [2.24, 2.45) is 5.16 Å². The zero-order chi connectivity index (χ0) is 21.1. The molecule has 2 aromatic rings. The van der Waals surface area contributed by atoms with Crippen molar-refractivity contribution in [3.05, 3.63) is 62.6 Å². The zero-order valence-electron chi connectivity index (χ0n) is 14.0. The van der Waals surface area contributed by atoms with E-state index in [4.69, 9.17) is 39.6 Å². The number of sulfonamides is 1. The smallest absolute Gasteiger partial charge is 0.391 e. The monoisotopic (exact) mass is 474 g/mol. The fourth-order valence-electron chi connectivity index (χ4n) is 2.02. The van der Waals surface area contributed by atoms with E-state index < -0.39 is 15.5 Å². The molecule has 0 radical (unpaired) electrons. The summed E-state index contributed by atoms with van der Waals surface area (Å²) < 4.78 is 62.1. The number of hydrogen-bond donors (Lipinski definition) is 1. The number of nitrogens with zero attached hydrogens (tertiary/aromatic N) is 1. The van der Waals surface area contributed by atoms with Crippen LogP contribution in [-0.4, -0.2) is 19.6 Å².